The van der Waals surface area contributed by atoms with E-state index in [-0.39, 0.29) is 36.2 Å². The van der Waals surface area contributed by atoms with Crippen LogP contribution in [0.1, 0.15) is 33.1 Å². The maximum atomic E-state index is 13.2. The van der Waals surface area contributed by atoms with Crippen LogP contribution in [0.4, 0.5) is 0 Å². The third-order valence-corrected chi connectivity index (χ3v) is 7.29. The van der Waals surface area contributed by atoms with Gasteiger partial charge in [-0.1, -0.05) is 26.8 Å². The molecular formula is C24H41N9O8S. The second-order valence-electron chi connectivity index (χ2n) is 9.78. The van der Waals surface area contributed by atoms with Crippen molar-refractivity contribution in [3.63, 3.8) is 0 Å². The molecule has 0 aromatic rings. The molecular weight excluding hydrogens is 574 g/mol. The summed E-state index contributed by atoms with van der Waals surface area (Å²) >= 11 is 0.914. The molecule has 0 aromatic carbocycles. The number of aliphatic hydroxyl groups is 1. The highest BCUT2D eigenvalue weighted by molar-refractivity contribution is 8.03. The number of nitrogens with zero attached hydrogens (tertiary/aromatic N) is 1. The largest absolute Gasteiger partial charge is 0.394 e. The molecule has 0 saturated carbocycles. The zero-order valence-corrected chi connectivity index (χ0v) is 24.4. The van der Waals surface area contributed by atoms with Gasteiger partial charge in [0.15, 0.2) is 0 Å². The van der Waals surface area contributed by atoms with Gasteiger partial charge in [-0.25, -0.2) is 0 Å². The number of nitrogens with two attached hydrogens (primary N) is 4. The van der Waals surface area contributed by atoms with Crippen LogP contribution in [-0.4, -0.2) is 107 Å². The molecule has 1 fully saturated rings. The van der Waals surface area contributed by atoms with Gasteiger partial charge < -0.3 is 54.2 Å². The Labute approximate surface area is 247 Å². The monoisotopic (exact) mass is 615 g/mol. The van der Waals surface area contributed by atoms with Crippen molar-refractivity contribution in [2.45, 2.75) is 63.4 Å². The van der Waals surface area contributed by atoms with E-state index in [1.54, 1.807) is 6.92 Å². The number of thioether (sulfide) groups is 1. The Morgan fingerprint density at radius 2 is 1.64 bits per heavy atom. The Morgan fingerprint density at radius 1 is 1.00 bits per heavy atom. The first-order chi connectivity index (χ1) is 19.6. The highest BCUT2D eigenvalue weighted by atomic mass is 32.2. The van der Waals surface area contributed by atoms with Crippen molar-refractivity contribution in [2.24, 2.45) is 28.9 Å². The fraction of sp³-hybridized carbons (Fsp3) is 0.625. The molecule has 1 aliphatic heterocycles. The van der Waals surface area contributed by atoms with Gasteiger partial charge in [-0.3, -0.25) is 33.6 Å². The fourth-order valence-corrected chi connectivity index (χ4v) is 4.65. The predicted molar refractivity (Wildman–Crippen MR) is 152 cm³/mol. The van der Waals surface area contributed by atoms with Gasteiger partial charge in [0.05, 0.1) is 30.6 Å². The normalized spacial score (nSPS) is 19.0. The van der Waals surface area contributed by atoms with Crippen LogP contribution in [0.3, 0.4) is 0 Å². The van der Waals surface area contributed by atoms with Crippen LogP contribution in [0.5, 0.6) is 0 Å². The van der Waals surface area contributed by atoms with Gasteiger partial charge >= 0.3 is 0 Å². The summed E-state index contributed by atoms with van der Waals surface area (Å²) in [4.78, 5) is 87.9. The van der Waals surface area contributed by atoms with Crippen molar-refractivity contribution in [1.29, 1.82) is 0 Å². The van der Waals surface area contributed by atoms with E-state index in [0.29, 0.717) is 6.42 Å². The summed E-state index contributed by atoms with van der Waals surface area (Å²) in [6.45, 7) is 5.90. The maximum absolute atomic E-state index is 13.2. The summed E-state index contributed by atoms with van der Waals surface area (Å²) in [5.74, 6) is -6.04. The van der Waals surface area contributed by atoms with Crippen LogP contribution in [-0.2, 0) is 33.6 Å². The molecule has 17 nitrogen and oxygen atoms in total. The van der Waals surface area contributed by atoms with Gasteiger partial charge in [0, 0.05) is 18.7 Å². The zero-order chi connectivity index (χ0) is 32.1. The molecule has 42 heavy (non-hydrogen) atoms. The number of carbonyl (C=O) groups excluding carboxylic acids is 7. The lowest BCUT2D eigenvalue weighted by Crippen LogP contribution is -2.58. The first kappa shape index (κ1) is 36.1. The lowest BCUT2D eigenvalue weighted by atomic mass is 9.98. The van der Waals surface area contributed by atoms with E-state index in [1.807, 2.05) is 6.92 Å². The number of hydrogen-bond acceptors (Lipinski definition) is 11. The molecule has 7 amide bonds. The Bertz CT molecular complexity index is 1060. The number of rotatable bonds is 17. The zero-order valence-electron chi connectivity index (χ0n) is 23.6. The van der Waals surface area contributed by atoms with E-state index in [4.69, 9.17) is 22.9 Å². The van der Waals surface area contributed by atoms with Crippen LogP contribution in [0.15, 0.2) is 11.6 Å². The van der Waals surface area contributed by atoms with E-state index in [9.17, 15) is 38.7 Å². The second-order valence-corrected chi connectivity index (χ2v) is 10.9. The predicted octanol–water partition coefficient (Wildman–Crippen LogP) is -4.95. The number of hydrogen-bond donors (Lipinski definition) is 9. The van der Waals surface area contributed by atoms with Crippen molar-refractivity contribution in [2.75, 3.05) is 25.4 Å². The van der Waals surface area contributed by atoms with E-state index in [1.165, 1.54) is 0 Å². The molecule has 0 aliphatic carbocycles. The molecule has 0 spiro atoms. The highest BCUT2D eigenvalue weighted by Crippen LogP contribution is 2.20. The van der Waals surface area contributed by atoms with Crippen LogP contribution in [0.2, 0.25) is 0 Å². The summed E-state index contributed by atoms with van der Waals surface area (Å²) in [5, 5.41) is 19.7. The Morgan fingerprint density at radius 3 is 2.17 bits per heavy atom. The molecule has 6 unspecified atom stereocenters. The number of likely N-dealkylation sites (tertiary alicyclic amines) is 1. The van der Waals surface area contributed by atoms with Crippen molar-refractivity contribution >= 4 is 53.1 Å². The van der Waals surface area contributed by atoms with E-state index in [2.05, 4.69) is 27.8 Å². The third kappa shape index (κ3) is 11.5. The minimum absolute atomic E-state index is 0.113. The molecule has 0 radical (unpaired) electrons. The molecule has 0 bridgehead atoms. The first-order valence-electron chi connectivity index (χ1n) is 13.1. The van der Waals surface area contributed by atoms with Crippen LogP contribution >= 0.6 is 11.8 Å². The van der Waals surface area contributed by atoms with Crippen LogP contribution < -0.4 is 44.2 Å². The topological polar surface area (TPSA) is 295 Å². The number of carbonyl (C=O) groups is 7. The Hall–Kier alpha value is -3.90. The average molecular weight is 616 g/mol. The number of β-amino-alcohol motifs (C(OH)–C–C–N with tert-alkyl or cyclic N) is 1. The van der Waals surface area contributed by atoms with Crippen LogP contribution in [0, 0.1) is 5.92 Å². The molecule has 18 heteroatoms. The lowest BCUT2D eigenvalue weighted by Gasteiger charge is -2.28. The second kappa shape index (κ2) is 17.1. The summed E-state index contributed by atoms with van der Waals surface area (Å²) in [7, 11) is 0. The smallest absolute Gasteiger partial charge is 0.246 e. The number of nitrogens with one attached hydrogen (secondary N) is 4. The molecule has 1 aliphatic rings. The summed E-state index contributed by atoms with van der Waals surface area (Å²) in [6, 6.07) is -5.00. The quantitative estimate of drug-likeness (QED) is 0.0746. The van der Waals surface area contributed by atoms with Gasteiger partial charge in [-0.05, 0) is 5.92 Å². The molecule has 13 N–H and O–H groups in total. The number of aliphatic hydroxyl groups excluding tert-OH is 1. The molecule has 6 atom stereocenters. The van der Waals surface area contributed by atoms with Gasteiger partial charge in [-0.2, -0.15) is 0 Å². The molecule has 1 rings (SSSR count). The fourth-order valence-electron chi connectivity index (χ4n) is 4.03. The van der Waals surface area contributed by atoms with Gasteiger partial charge in [0.2, 0.25) is 41.4 Å². The molecule has 236 valence electrons. The van der Waals surface area contributed by atoms with E-state index < -0.39 is 84.6 Å². The highest BCUT2D eigenvalue weighted by Gasteiger charge is 2.41. The number of primary amides is 2. The maximum Gasteiger partial charge on any atom is 0.246 e. The van der Waals surface area contributed by atoms with Gasteiger partial charge in [0.25, 0.3) is 0 Å². The van der Waals surface area contributed by atoms with Gasteiger partial charge in [-0.15, -0.1) is 11.8 Å². The number of amides is 7. The van der Waals surface area contributed by atoms with Gasteiger partial charge in [0.1, 0.15) is 24.2 Å². The van der Waals surface area contributed by atoms with Crippen molar-refractivity contribution in [3.8, 4) is 0 Å². The standard InChI is InChI=1S/C24H41N9O8S/c1-4-11(2)20(32-18(36)7-25)23(40)29-8-19(37)30-15(10-42-12(3)26)22(39)31-14(6-17(27)35)24(41)33-9-13(34)5-16(33)21(28)38/h11,13-16,20,34H,3-10,25-26H2,1-2H3,(H2,27,35)(H2,28,38)(H,29,40)(H,30,37)(H,31,39)(H,32,36). The average Bonchev–Trinajstić information content (AvgIpc) is 3.32. The van der Waals surface area contributed by atoms with E-state index >= 15 is 0 Å². The minimum atomic E-state index is -1.55. The molecule has 1 heterocycles. The van der Waals surface area contributed by atoms with Crippen LogP contribution in [0.25, 0.3) is 0 Å². The van der Waals surface area contributed by atoms with Crippen molar-refractivity contribution < 1.29 is 38.7 Å². The lowest BCUT2D eigenvalue weighted by molar-refractivity contribution is -0.142. The summed E-state index contributed by atoms with van der Waals surface area (Å²) in [6.07, 6.45) is -1.28. The first-order valence-corrected chi connectivity index (χ1v) is 14.1. The Kier molecular flexibility index (Phi) is 14.7. The third-order valence-electron chi connectivity index (χ3n) is 6.42. The summed E-state index contributed by atoms with van der Waals surface area (Å²) < 4.78 is 0. The SMILES string of the molecule is C=C(N)SCC(NC(=O)CNC(=O)C(NC(=O)CN)C(C)CC)C(=O)NC(CC(N)=O)C(=O)N1CC(O)CC1C(N)=O. The Balaban J connectivity index is 3.02. The molecule has 0 aromatic heterocycles. The van der Waals surface area contributed by atoms with Crippen molar-refractivity contribution in [1.82, 2.24) is 26.2 Å². The molecule has 1 saturated heterocycles. The summed E-state index contributed by atoms with van der Waals surface area (Å²) in [5.41, 5.74) is 21.5. The van der Waals surface area contributed by atoms with Crippen molar-refractivity contribution in [3.05, 3.63) is 11.6 Å². The minimum Gasteiger partial charge on any atom is -0.394 e. The van der Waals surface area contributed by atoms with E-state index in [0.717, 1.165) is 16.7 Å².